The molecule has 0 aliphatic carbocycles. The van der Waals surface area contributed by atoms with Crippen LogP contribution in [0.1, 0.15) is 53.4 Å². The van der Waals surface area contributed by atoms with Crippen molar-refractivity contribution in [3.8, 4) is 0 Å². The number of hydrogen-bond acceptors (Lipinski definition) is 4. The van der Waals surface area contributed by atoms with Crippen LogP contribution in [0.4, 0.5) is 0 Å². The van der Waals surface area contributed by atoms with Crippen molar-refractivity contribution >= 4 is 23.5 Å². The molecule has 3 amide bonds. The fraction of sp³-hybridized carbons (Fsp3) is 0.765. The van der Waals surface area contributed by atoms with Gasteiger partial charge in [0.25, 0.3) is 0 Å². The molecule has 0 bridgehead atoms. The number of carbonyl (C=O) groups is 4. The zero-order valence-corrected chi connectivity index (χ0v) is 15.2. The summed E-state index contributed by atoms with van der Waals surface area (Å²) in [5.74, 6) is -0.162. The SMILES string of the molecule is CC(C)CNC(=O)CCNC(=O)CCNC(=O)CCC(=O)C(C)C. The smallest absolute Gasteiger partial charge is 0.221 e. The van der Waals surface area contributed by atoms with E-state index >= 15 is 0 Å². The summed E-state index contributed by atoms with van der Waals surface area (Å²) in [6.07, 6.45) is 0.759. The minimum Gasteiger partial charge on any atom is -0.356 e. The molecule has 0 aromatic carbocycles. The van der Waals surface area contributed by atoms with E-state index in [1.165, 1.54) is 0 Å². The fourth-order valence-corrected chi connectivity index (χ4v) is 1.74. The summed E-state index contributed by atoms with van der Waals surface area (Å²) >= 11 is 0. The molecule has 0 heterocycles. The highest BCUT2D eigenvalue weighted by Gasteiger charge is 2.10. The van der Waals surface area contributed by atoms with Gasteiger partial charge in [0, 0.05) is 51.2 Å². The monoisotopic (exact) mass is 341 g/mol. The molecule has 0 saturated carbocycles. The number of hydrogen-bond donors (Lipinski definition) is 3. The van der Waals surface area contributed by atoms with Gasteiger partial charge >= 0.3 is 0 Å². The van der Waals surface area contributed by atoms with Gasteiger partial charge < -0.3 is 16.0 Å². The van der Waals surface area contributed by atoms with Crippen LogP contribution in [0.15, 0.2) is 0 Å². The van der Waals surface area contributed by atoms with E-state index in [0.717, 1.165) is 0 Å². The quantitative estimate of drug-likeness (QED) is 0.488. The molecule has 0 atom stereocenters. The van der Waals surface area contributed by atoms with Crippen molar-refractivity contribution in [2.45, 2.75) is 53.4 Å². The number of Topliss-reactive ketones (excluding diaryl/α,β-unsaturated/α-hetero) is 1. The predicted molar refractivity (Wildman–Crippen MR) is 92.2 cm³/mol. The Kier molecular flexibility index (Phi) is 11.5. The van der Waals surface area contributed by atoms with E-state index in [2.05, 4.69) is 16.0 Å². The van der Waals surface area contributed by atoms with Crippen molar-refractivity contribution in [3.05, 3.63) is 0 Å². The maximum absolute atomic E-state index is 11.6. The lowest BCUT2D eigenvalue weighted by atomic mass is 10.0. The van der Waals surface area contributed by atoms with Crippen molar-refractivity contribution in [3.63, 3.8) is 0 Å². The summed E-state index contributed by atoms with van der Waals surface area (Å²) < 4.78 is 0. The highest BCUT2D eigenvalue weighted by atomic mass is 16.2. The van der Waals surface area contributed by atoms with Gasteiger partial charge in [-0.2, -0.15) is 0 Å². The van der Waals surface area contributed by atoms with Crippen LogP contribution < -0.4 is 16.0 Å². The van der Waals surface area contributed by atoms with Gasteiger partial charge in [0.1, 0.15) is 5.78 Å². The van der Waals surface area contributed by atoms with Crippen molar-refractivity contribution in [1.29, 1.82) is 0 Å². The highest BCUT2D eigenvalue weighted by molar-refractivity contribution is 5.86. The van der Waals surface area contributed by atoms with Crippen LogP contribution in [0.5, 0.6) is 0 Å². The number of rotatable bonds is 12. The molecule has 0 aliphatic heterocycles. The molecular formula is C17H31N3O4. The Morgan fingerprint density at radius 2 is 1.12 bits per heavy atom. The zero-order chi connectivity index (χ0) is 18.5. The Hall–Kier alpha value is -1.92. The first-order valence-electron chi connectivity index (χ1n) is 8.55. The third-order valence-corrected chi connectivity index (χ3v) is 3.30. The van der Waals surface area contributed by atoms with Crippen LogP contribution in [0.2, 0.25) is 0 Å². The molecule has 7 heteroatoms. The van der Waals surface area contributed by atoms with E-state index in [4.69, 9.17) is 0 Å². The number of amides is 3. The number of carbonyl (C=O) groups excluding carboxylic acids is 4. The van der Waals surface area contributed by atoms with Crippen molar-refractivity contribution < 1.29 is 19.2 Å². The first-order valence-corrected chi connectivity index (χ1v) is 8.55. The Morgan fingerprint density at radius 1 is 0.667 bits per heavy atom. The van der Waals surface area contributed by atoms with Crippen LogP contribution in [0, 0.1) is 11.8 Å². The van der Waals surface area contributed by atoms with Gasteiger partial charge in [-0.3, -0.25) is 19.2 Å². The third kappa shape index (κ3) is 12.6. The normalized spacial score (nSPS) is 10.6. The lowest BCUT2D eigenvalue weighted by Gasteiger charge is -2.09. The maximum atomic E-state index is 11.6. The number of nitrogens with one attached hydrogen (secondary N) is 3. The Labute approximate surface area is 144 Å². The Balaban J connectivity index is 3.67. The van der Waals surface area contributed by atoms with Crippen LogP contribution >= 0.6 is 0 Å². The van der Waals surface area contributed by atoms with Crippen LogP contribution in [-0.2, 0) is 19.2 Å². The average molecular weight is 341 g/mol. The summed E-state index contributed by atoms with van der Waals surface area (Å²) in [5.41, 5.74) is 0. The highest BCUT2D eigenvalue weighted by Crippen LogP contribution is 2.01. The average Bonchev–Trinajstić information content (AvgIpc) is 2.50. The summed E-state index contributed by atoms with van der Waals surface area (Å²) in [6, 6.07) is 0. The molecule has 0 aliphatic rings. The van der Waals surface area contributed by atoms with Crippen LogP contribution in [0.3, 0.4) is 0 Å². The summed E-state index contributed by atoms with van der Waals surface area (Å²) in [4.78, 5) is 46.0. The third-order valence-electron chi connectivity index (χ3n) is 3.30. The molecule has 0 aromatic heterocycles. The maximum Gasteiger partial charge on any atom is 0.221 e. The fourth-order valence-electron chi connectivity index (χ4n) is 1.74. The van der Waals surface area contributed by atoms with Gasteiger partial charge in [-0.15, -0.1) is 0 Å². The summed E-state index contributed by atoms with van der Waals surface area (Å²) in [5, 5.41) is 8.01. The molecule has 0 radical (unpaired) electrons. The van der Waals surface area contributed by atoms with Gasteiger partial charge in [-0.25, -0.2) is 0 Å². The lowest BCUT2D eigenvalue weighted by molar-refractivity contribution is -0.127. The molecule has 0 unspecified atom stereocenters. The minimum absolute atomic E-state index is 0.0543. The molecule has 0 fully saturated rings. The van der Waals surface area contributed by atoms with Crippen LogP contribution in [0.25, 0.3) is 0 Å². The molecule has 138 valence electrons. The Morgan fingerprint density at radius 3 is 1.58 bits per heavy atom. The van der Waals surface area contributed by atoms with Crippen LogP contribution in [-0.4, -0.2) is 43.1 Å². The van der Waals surface area contributed by atoms with E-state index in [9.17, 15) is 19.2 Å². The van der Waals surface area contributed by atoms with Gasteiger partial charge in [-0.1, -0.05) is 27.7 Å². The van der Waals surface area contributed by atoms with Crippen molar-refractivity contribution in [2.24, 2.45) is 11.8 Å². The Bertz CT molecular complexity index is 434. The van der Waals surface area contributed by atoms with Crippen molar-refractivity contribution in [2.75, 3.05) is 19.6 Å². The first-order chi connectivity index (χ1) is 11.2. The standard InChI is InChI=1S/C17H31N3O4/c1-12(2)11-20-17(24)8-10-19-16(23)7-9-18-15(22)6-5-14(21)13(3)4/h12-13H,5-11H2,1-4H3,(H,18,22)(H,19,23)(H,20,24). The second kappa shape index (κ2) is 12.5. The lowest BCUT2D eigenvalue weighted by Crippen LogP contribution is -2.34. The van der Waals surface area contributed by atoms with E-state index in [-0.39, 0.29) is 68.2 Å². The van der Waals surface area contributed by atoms with E-state index in [1.54, 1.807) is 13.8 Å². The van der Waals surface area contributed by atoms with E-state index in [0.29, 0.717) is 12.5 Å². The predicted octanol–water partition coefficient (Wildman–Crippen LogP) is 0.777. The van der Waals surface area contributed by atoms with Gasteiger partial charge in [0.2, 0.25) is 17.7 Å². The second-order valence-corrected chi connectivity index (χ2v) is 6.52. The van der Waals surface area contributed by atoms with Crippen molar-refractivity contribution in [1.82, 2.24) is 16.0 Å². The second-order valence-electron chi connectivity index (χ2n) is 6.52. The van der Waals surface area contributed by atoms with Gasteiger partial charge in [0.05, 0.1) is 0 Å². The van der Waals surface area contributed by atoms with Gasteiger partial charge in [0.15, 0.2) is 0 Å². The molecule has 0 aromatic rings. The topological polar surface area (TPSA) is 104 Å². The first kappa shape index (κ1) is 22.1. The summed E-state index contributed by atoms with van der Waals surface area (Å²) in [7, 11) is 0. The largest absolute Gasteiger partial charge is 0.356 e. The molecule has 0 saturated heterocycles. The molecule has 3 N–H and O–H groups in total. The molecule has 7 nitrogen and oxygen atoms in total. The molecule has 0 spiro atoms. The summed E-state index contributed by atoms with van der Waals surface area (Å²) in [6.45, 7) is 8.74. The van der Waals surface area contributed by atoms with E-state index in [1.807, 2.05) is 13.8 Å². The zero-order valence-electron chi connectivity index (χ0n) is 15.2. The van der Waals surface area contributed by atoms with E-state index < -0.39 is 0 Å². The number of ketones is 1. The minimum atomic E-state index is -0.232. The molecular weight excluding hydrogens is 310 g/mol. The molecule has 0 rings (SSSR count). The molecule has 24 heavy (non-hydrogen) atoms. The van der Waals surface area contributed by atoms with Gasteiger partial charge in [-0.05, 0) is 5.92 Å².